The molecule has 0 radical (unpaired) electrons. The van der Waals surface area contributed by atoms with Crippen molar-refractivity contribution in [3.8, 4) is 0 Å². The molecule has 0 rings (SSSR count). The summed E-state index contributed by atoms with van der Waals surface area (Å²) in [5.74, 6) is -0.192. The van der Waals surface area contributed by atoms with E-state index in [1.165, 1.54) is 0 Å². The summed E-state index contributed by atoms with van der Waals surface area (Å²) in [6, 6.07) is 0. The second kappa shape index (κ2) is 6.25. The fourth-order valence-electron chi connectivity index (χ4n) is 1.04. The Morgan fingerprint density at radius 3 is 2.50 bits per heavy atom. The fraction of sp³-hybridized carbons (Fsp3) is 0.900. The summed E-state index contributed by atoms with van der Waals surface area (Å²) in [6.07, 6.45) is 2.00. The lowest BCUT2D eigenvalue weighted by Crippen LogP contribution is -2.39. The van der Waals surface area contributed by atoms with Crippen LogP contribution in [0.5, 0.6) is 0 Å². The predicted octanol–water partition coefficient (Wildman–Crippen LogP) is 1.67. The SMILES string of the molecule is CCCC(O)CCNC(=O)C(C)(C)Cl. The molecule has 0 aromatic carbocycles. The van der Waals surface area contributed by atoms with E-state index in [2.05, 4.69) is 5.32 Å². The van der Waals surface area contributed by atoms with E-state index in [0.717, 1.165) is 12.8 Å². The van der Waals surface area contributed by atoms with Crippen molar-refractivity contribution in [1.82, 2.24) is 5.32 Å². The molecule has 14 heavy (non-hydrogen) atoms. The van der Waals surface area contributed by atoms with Crippen LogP contribution in [0.3, 0.4) is 0 Å². The summed E-state index contributed by atoms with van der Waals surface area (Å²) < 4.78 is 0. The lowest BCUT2D eigenvalue weighted by Gasteiger charge is -2.16. The molecule has 84 valence electrons. The smallest absolute Gasteiger partial charge is 0.240 e. The molecule has 1 amide bonds. The van der Waals surface area contributed by atoms with Crippen molar-refractivity contribution >= 4 is 17.5 Å². The van der Waals surface area contributed by atoms with E-state index in [4.69, 9.17) is 11.6 Å². The van der Waals surface area contributed by atoms with Crippen molar-refractivity contribution < 1.29 is 9.90 Å². The highest BCUT2D eigenvalue weighted by molar-refractivity contribution is 6.34. The molecule has 0 aliphatic carbocycles. The van der Waals surface area contributed by atoms with E-state index in [9.17, 15) is 9.90 Å². The number of aliphatic hydroxyl groups excluding tert-OH is 1. The Hall–Kier alpha value is -0.280. The van der Waals surface area contributed by atoms with Crippen LogP contribution >= 0.6 is 11.6 Å². The van der Waals surface area contributed by atoms with Crippen LogP contribution in [-0.2, 0) is 4.79 Å². The maximum absolute atomic E-state index is 11.3. The minimum atomic E-state index is -0.865. The minimum absolute atomic E-state index is 0.192. The average Bonchev–Trinajstić information content (AvgIpc) is 2.02. The van der Waals surface area contributed by atoms with Crippen LogP contribution in [0.1, 0.15) is 40.0 Å². The molecular formula is C10H20ClNO2. The Morgan fingerprint density at radius 1 is 1.50 bits per heavy atom. The first-order valence-electron chi connectivity index (χ1n) is 5.03. The lowest BCUT2D eigenvalue weighted by atomic mass is 10.1. The maximum atomic E-state index is 11.3. The summed E-state index contributed by atoms with van der Waals surface area (Å²) >= 11 is 5.79. The second-order valence-corrected chi connectivity index (χ2v) is 4.90. The van der Waals surface area contributed by atoms with Crippen LogP contribution in [-0.4, -0.2) is 28.5 Å². The number of nitrogens with one attached hydrogen (secondary N) is 1. The van der Waals surface area contributed by atoms with Gasteiger partial charge >= 0.3 is 0 Å². The van der Waals surface area contributed by atoms with Gasteiger partial charge in [-0.05, 0) is 26.7 Å². The van der Waals surface area contributed by atoms with Crippen LogP contribution in [0.4, 0.5) is 0 Å². The molecule has 0 saturated carbocycles. The number of halogens is 1. The molecule has 0 aromatic rings. The highest BCUT2D eigenvalue weighted by Gasteiger charge is 2.23. The van der Waals surface area contributed by atoms with E-state index in [-0.39, 0.29) is 12.0 Å². The first-order chi connectivity index (χ1) is 6.38. The van der Waals surface area contributed by atoms with Gasteiger partial charge in [-0.3, -0.25) is 4.79 Å². The molecule has 0 fully saturated rings. The predicted molar refractivity (Wildman–Crippen MR) is 58.5 cm³/mol. The van der Waals surface area contributed by atoms with Crippen molar-refractivity contribution in [2.24, 2.45) is 0 Å². The van der Waals surface area contributed by atoms with Crippen LogP contribution in [0.15, 0.2) is 0 Å². The van der Waals surface area contributed by atoms with Crippen molar-refractivity contribution in [1.29, 1.82) is 0 Å². The summed E-state index contributed by atoms with van der Waals surface area (Å²) in [5.41, 5.74) is 0. The first kappa shape index (κ1) is 13.7. The van der Waals surface area contributed by atoms with Crippen molar-refractivity contribution in [3.05, 3.63) is 0 Å². The standard InChI is InChI=1S/C10H20ClNO2/c1-4-5-8(13)6-7-12-9(14)10(2,3)11/h8,13H,4-7H2,1-3H3,(H,12,14). The molecule has 0 spiro atoms. The number of hydrogen-bond acceptors (Lipinski definition) is 2. The van der Waals surface area contributed by atoms with Gasteiger partial charge in [0.05, 0.1) is 6.10 Å². The molecule has 0 aliphatic heterocycles. The molecule has 0 aliphatic rings. The number of hydrogen-bond donors (Lipinski definition) is 2. The Kier molecular flexibility index (Phi) is 6.12. The summed E-state index contributed by atoms with van der Waals surface area (Å²) in [7, 11) is 0. The Labute approximate surface area is 90.8 Å². The van der Waals surface area contributed by atoms with Crippen LogP contribution in [0.25, 0.3) is 0 Å². The van der Waals surface area contributed by atoms with Gasteiger partial charge in [0.1, 0.15) is 4.87 Å². The zero-order valence-electron chi connectivity index (χ0n) is 9.14. The maximum Gasteiger partial charge on any atom is 0.240 e. The number of aliphatic hydroxyl groups is 1. The van der Waals surface area contributed by atoms with Crippen LogP contribution in [0.2, 0.25) is 0 Å². The van der Waals surface area contributed by atoms with Crippen molar-refractivity contribution in [2.45, 2.75) is 51.0 Å². The number of carbonyl (C=O) groups is 1. The first-order valence-corrected chi connectivity index (χ1v) is 5.41. The van der Waals surface area contributed by atoms with Gasteiger partial charge in [-0.15, -0.1) is 11.6 Å². The molecule has 3 nitrogen and oxygen atoms in total. The van der Waals surface area contributed by atoms with Gasteiger partial charge in [0.25, 0.3) is 0 Å². The van der Waals surface area contributed by atoms with Crippen LogP contribution in [0, 0.1) is 0 Å². The van der Waals surface area contributed by atoms with Gasteiger partial charge in [-0.2, -0.15) is 0 Å². The highest BCUT2D eigenvalue weighted by atomic mass is 35.5. The highest BCUT2D eigenvalue weighted by Crippen LogP contribution is 2.11. The Balaban J connectivity index is 3.59. The molecule has 1 unspecified atom stereocenters. The summed E-state index contributed by atoms with van der Waals surface area (Å²) in [5, 5.41) is 12.1. The molecule has 0 heterocycles. The second-order valence-electron chi connectivity index (χ2n) is 3.96. The van der Waals surface area contributed by atoms with Gasteiger partial charge in [-0.25, -0.2) is 0 Å². The lowest BCUT2D eigenvalue weighted by molar-refractivity contribution is -0.122. The third kappa shape index (κ3) is 6.22. The molecule has 0 saturated heterocycles. The Bertz CT molecular complexity index is 177. The quantitative estimate of drug-likeness (QED) is 0.671. The molecule has 4 heteroatoms. The number of amides is 1. The van der Waals surface area contributed by atoms with Crippen molar-refractivity contribution in [2.75, 3.05) is 6.54 Å². The molecule has 2 N–H and O–H groups in total. The number of carbonyl (C=O) groups excluding carboxylic acids is 1. The monoisotopic (exact) mass is 221 g/mol. The normalized spacial score (nSPS) is 13.8. The van der Waals surface area contributed by atoms with Crippen molar-refractivity contribution in [3.63, 3.8) is 0 Å². The van der Waals surface area contributed by atoms with Gasteiger partial charge in [-0.1, -0.05) is 13.3 Å². The van der Waals surface area contributed by atoms with Gasteiger partial charge in [0.15, 0.2) is 0 Å². The number of rotatable bonds is 6. The van der Waals surface area contributed by atoms with Gasteiger partial charge < -0.3 is 10.4 Å². The molecule has 0 bridgehead atoms. The van der Waals surface area contributed by atoms with E-state index in [1.54, 1.807) is 13.8 Å². The van der Waals surface area contributed by atoms with E-state index < -0.39 is 4.87 Å². The summed E-state index contributed by atoms with van der Waals surface area (Å²) in [4.78, 5) is 10.4. The van der Waals surface area contributed by atoms with E-state index in [1.807, 2.05) is 6.92 Å². The molecule has 1 atom stereocenters. The van der Waals surface area contributed by atoms with E-state index in [0.29, 0.717) is 13.0 Å². The zero-order chi connectivity index (χ0) is 11.2. The largest absolute Gasteiger partial charge is 0.393 e. The Morgan fingerprint density at radius 2 is 2.07 bits per heavy atom. The van der Waals surface area contributed by atoms with Gasteiger partial charge in [0, 0.05) is 6.54 Å². The third-order valence-electron chi connectivity index (χ3n) is 1.92. The minimum Gasteiger partial charge on any atom is -0.393 e. The molecule has 0 aromatic heterocycles. The third-order valence-corrected chi connectivity index (χ3v) is 2.10. The number of alkyl halides is 1. The average molecular weight is 222 g/mol. The fourth-order valence-corrected chi connectivity index (χ4v) is 1.11. The zero-order valence-corrected chi connectivity index (χ0v) is 9.90. The molecular weight excluding hydrogens is 202 g/mol. The van der Waals surface area contributed by atoms with Gasteiger partial charge in [0.2, 0.25) is 5.91 Å². The van der Waals surface area contributed by atoms with Crippen LogP contribution < -0.4 is 5.32 Å². The summed E-state index contributed by atoms with van der Waals surface area (Å²) in [6.45, 7) is 5.79. The van der Waals surface area contributed by atoms with E-state index >= 15 is 0 Å². The topological polar surface area (TPSA) is 49.3 Å².